The molecule has 3 rings (SSSR count). The van der Waals surface area contributed by atoms with Gasteiger partial charge in [-0.3, -0.25) is 4.79 Å². The average molecular weight is 363 g/mol. The molecule has 1 saturated heterocycles. The maximum atomic E-state index is 12.9. The third-order valence-corrected chi connectivity index (χ3v) is 4.66. The smallest absolute Gasteiger partial charge is 0.259 e. The van der Waals surface area contributed by atoms with Crippen molar-refractivity contribution in [2.45, 2.75) is 26.7 Å². The van der Waals surface area contributed by atoms with E-state index in [1.165, 1.54) is 6.42 Å². The first-order valence-electron chi connectivity index (χ1n) is 7.57. The van der Waals surface area contributed by atoms with E-state index in [2.05, 4.69) is 28.0 Å². The molecule has 1 aliphatic rings. The Labute approximate surface area is 138 Å². The molecule has 0 radical (unpaired) electrons. The summed E-state index contributed by atoms with van der Waals surface area (Å²) in [6.45, 7) is 5.64. The SMILES string of the molecule is Cc1noc(-c2ccc(Br)cc2)c1C(=O)N1CCCC(C)C1. The van der Waals surface area contributed by atoms with E-state index in [4.69, 9.17) is 4.52 Å². The number of carbonyl (C=O) groups is 1. The van der Waals surface area contributed by atoms with Crippen LogP contribution < -0.4 is 0 Å². The first-order valence-corrected chi connectivity index (χ1v) is 8.37. The highest BCUT2D eigenvalue weighted by atomic mass is 79.9. The minimum absolute atomic E-state index is 0.0308. The summed E-state index contributed by atoms with van der Waals surface area (Å²) in [6.07, 6.45) is 2.25. The Morgan fingerprint density at radius 3 is 2.77 bits per heavy atom. The highest BCUT2D eigenvalue weighted by Gasteiger charge is 2.28. The van der Waals surface area contributed by atoms with Crippen molar-refractivity contribution in [3.05, 3.63) is 40.0 Å². The van der Waals surface area contributed by atoms with Gasteiger partial charge in [-0.2, -0.15) is 0 Å². The van der Waals surface area contributed by atoms with Crippen LogP contribution in [-0.4, -0.2) is 29.1 Å². The molecule has 0 aliphatic carbocycles. The summed E-state index contributed by atoms with van der Waals surface area (Å²) in [5, 5.41) is 4.02. The van der Waals surface area contributed by atoms with E-state index in [0.717, 1.165) is 29.5 Å². The predicted octanol–water partition coefficient (Wildman–Crippen LogP) is 4.28. The molecule has 1 fully saturated rings. The highest BCUT2D eigenvalue weighted by Crippen LogP contribution is 2.29. The fraction of sp³-hybridized carbons (Fsp3) is 0.412. The van der Waals surface area contributed by atoms with Gasteiger partial charge < -0.3 is 9.42 Å². The van der Waals surface area contributed by atoms with Gasteiger partial charge in [0.1, 0.15) is 5.56 Å². The molecule has 1 amide bonds. The quantitative estimate of drug-likeness (QED) is 0.800. The Balaban J connectivity index is 1.95. The van der Waals surface area contributed by atoms with Gasteiger partial charge in [0.15, 0.2) is 5.76 Å². The molecule has 0 N–H and O–H groups in total. The molecule has 22 heavy (non-hydrogen) atoms. The van der Waals surface area contributed by atoms with Gasteiger partial charge in [-0.05, 0) is 49.9 Å². The number of nitrogens with zero attached hydrogens (tertiary/aromatic N) is 2. The number of hydrogen-bond acceptors (Lipinski definition) is 3. The largest absolute Gasteiger partial charge is 0.355 e. The van der Waals surface area contributed by atoms with Crippen molar-refractivity contribution in [1.82, 2.24) is 10.1 Å². The van der Waals surface area contributed by atoms with Gasteiger partial charge in [-0.1, -0.05) is 28.0 Å². The van der Waals surface area contributed by atoms with Gasteiger partial charge >= 0.3 is 0 Å². The van der Waals surface area contributed by atoms with E-state index in [1.54, 1.807) is 0 Å². The number of likely N-dealkylation sites (tertiary alicyclic amines) is 1. The standard InChI is InChI=1S/C17H19BrN2O2/c1-11-4-3-9-20(10-11)17(21)15-12(2)19-22-16(15)13-5-7-14(18)8-6-13/h5-8,11H,3-4,9-10H2,1-2H3. The molecule has 1 atom stereocenters. The fourth-order valence-electron chi connectivity index (χ4n) is 2.95. The summed E-state index contributed by atoms with van der Waals surface area (Å²) in [5.41, 5.74) is 2.12. The number of aryl methyl sites for hydroxylation is 1. The fourth-order valence-corrected chi connectivity index (χ4v) is 3.22. The van der Waals surface area contributed by atoms with Crippen LogP contribution >= 0.6 is 15.9 Å². The molecule has 0 saturated carbocycles. The number of halogens is 1. The monoisotopic (exact) mass is 362 g/mol. The molecule has 4 nitrogen and oxygen atoms in total. The van der Waals surface area contributed by atoms with E-state index in [9.17, 15) is 4.79 Å². The maximum absolute atomic E-state index is 12.9. The van der Waals surface area contributed by atoms with Crippen LogP contribution in [0.2, 0.25) is 0 Å². The van der Waals surface area contributed by atoms with Crippen LogP contribution in [0.1, 0.15) is 35.8 Å². The number of piperidine rings is 1. The molecular weight excluding hydrogens is 344 g/mol. The zero-order valence-corrected chi connectivity index (χ0v) is 14.4. The van der Waals surface area contributed by atoms with Gasteiger partial charge in [0, 0.05) is 23.1 Å². The lowest BCUT2D eigenvalue weighted by Crippen LogP contribution is -2.39. The topological polar surface area (TPSA) is 46.3 Å². The van der Waals surface area contributed by atoms with E-state index in [1.807, 2.05) is 36.1 Å². The number of amides is 1. The normalized spacial score (nSPS) is 18.5. The van der Waals surface area contributed by atoms with Crippen LogP contribution in [0.25, 0.3) is 11.3 Å². The van der Waals surface area contributed by atoms with Crippen molar-refractivity contribution in [3.8, 4) is 11.3 Å². The number of rotatable bonds is 2. The minimum Gasteiger partial charge on any atom is -0.355 e. The molecular formula is C17H19BrN2O2. The van der Waals surface area contributed by atoms with E-state index in [0.29, 0.717) is 22.9 Å². The van der Waals surface area contributed by atoms with Crippen LogP contribution in [0.3, 0.4) is 0 Å². The molecule has 1 aromatic heterocycles. The molecule has 1 aliphatic heterocycles. The second-order valence-electron chi connectivity index (χ2n) is 5.98. The van der Waals surface area contributed by atoms with Gasteiger partial charge in [-0.25, -0.2) is 0 Å². The molecule has 1 unspecified atom stereocenters. The van der Waals surface area contributed by atoms with Crippen molar-refractivity contribution in [1.29, 1.82) is 0 Å². The Bertz CT molecular complexity index is 678. The summed E-state index contributed by atoms with van der Waals surface area (Å²) in [5.74, 6) is 1.14. The third kappa shape index (κ3) is 2.95. The number of carbonyl (C=O) groups excluding carboxylic acids is 1. The van der Waals surface area contributed by atoms with Gasteiger partial charge in [0.2, 0.25) is 0 Å². The Hall–Kier alpha value is -1.62. The van der Waals surface area contributed by atoms with Crippen molar-refractivity contribution >= 4 is 21.8 Å². The van der Waals surface area contributed by atoms with E-state index >= 15 is 0 Å². The number of hydrogen-bond donors (Lipinski definition) is 0. The first kappa shape index (κ1) is 15.3. The second-order valence-corrected chi connectivity index (χ2v) is 6.89. The molecule has 0 spiro atoms. The Morgan fingerprint density at radius 1 is 1.36 bits per heavy atom. The second kappa shape index (κ2) is 6.24. The van der Waals surface area contributed by atoms with Gasteiger partial charge in [0.25, 0.3) is 5.91 Å². The van der Waals surface area contributed by atoms with Gasteiger partial charge in [-0.15, -0.1) is 0 Å². The average Bonchev–Trinajstić information content (AvgIpc) is 2.89. The lowest BCUT2D eigenvalue weighted by atomic mass is 9.98. The first-order chi connectivity index (χ1) is 10.6. The molecule has 2 aromatic rings. The molecule has 2 heterocycles. The summed E-state index contributed by atoms with van der Waals surface area (Å²) in [4.78, 5) is 14.8. The molecule has 116 valence electrons. The zero-order chi connectivity index (χ0) is 15.7. The van der Waals surface area contributed by atoms with Crippen molar-refractivity contribution in [2.75, 3.05) is 13.1 Å². The summed E-state index contributed by atoms with van der Waals surface area (Å²) >= 11 is 3.42. The predicted molar refractivity (Wildman–Crippen MR) is 88.7 cm³/mol. The van der Waals surface area contributed by atoms with E-state index < -0.39 is 0 Å². The van der Waals surface area contributed by atoms with E-state index in [-0.39, 0.29) is 5.91 Å². The lowest BCUT2D eigenvalue weighted by molar-refractivity contribution is 0.0682. The number of benzene rings is 1. The van der Waals surface area contributed by atoms with Crippen LogP contribution in [0.15, 0.2) is 33.3 Å². The van der Waals surface area contributed by atoms with Crippen LogP contribution in [0.4, 0.5) is 0 Å². The zero-order valence-electron chi connectivity index (χ0n) is 12.8. The maximum Gasteiger partial charge on any atom is 0.259 e. The van der Waals surface area contributed by atoms with Crippen LogP contribution in [0.5, 0.6) is 0 Å². The van der Waals surface area contributed by atoms with Crippen molar-refractivity contribution < 1.29 is 9.32 Å². The van der Waals surface area contributed by atoms with Crippen molar-refractivity contribution in [2.24, 2.45) is 5.92 Å². The highest BCUT2D eigenvalue weighted by molar-refractivity contribution is 9.10. The molecule has 5 heteroatoms. The minimum atomic E-state index is 0.0308. The van der Waals surface area contributed by atoms with Gasteiger partial charge in [0.05, 0.1) is 5.69 Å². The summed E-state index contributed by atoms with van der Waals surface area (Å²) in [7, 11) is 0. The Kier molecular flexibility index (Phi) is 4.34. The Morgan fingerprint density at radius 2 is 2.09 bits per heavy atom. The number of aromatic nitrogens is 1. The lowest BCUT2D eigenvalue weighted by Gasteiger charge is -2.30. The van der Waals surface area contributed by atoms with Crippen LogP contribution in [-0.2, 0) is 0 Å². The van der Waals surface area contributed by atoms with Crippen LogP contribution in [0, 0.1) is 12.8 Å². The van der Waals surface area contributed by atoms with Crippen molar-refractivity contribution in [3.63, 3.8) is 0 Å². The molecule has 0 bridgehead atoms. The summed E-state index contributed by atoms with van der Waals surface area (Å²) in [6, 6.07) is 7.73. The molecule has 1 aromatic carbocycles. The summed E-state index contributed by atoms with van der Waals surface area (Å²) < 4.78 is 6.44. The third-order valence-electron chi connectivity index (χ3n) is 4.13.